The standard InChI is InChI=1S/C25H25FN2O5S/c1-15-12-19(10-11-22(15)26)34(31,32)27-23-7-5-4-6-20(23)25(30)33-14-24(29)21-13-16(2)28(17(21)3)18-8-9-18/h4-7,10-13,18,27H,8-9,14H2,1-3H3. The highest BCUT2D eigenvalue weighted by Crippen LogP contribution is 2.38. The minimum absolute atomic E-state index is 0.00571. The predicted molar refractivity (Wildman–Crippen MR) is 125 cm³/mol. The molecule has 2 aromatic carbocycles. The molecule has 0 aliphatic heterocycles. The van der Waals surface area contributed by atoms with Gasteiger partial charge < -0.3 is 9.30 Å². The number of carbonyl (C=O) groups excluding carboxylic acids is 2. The molecular formula is C25H25FN2O5S. The number of sulfonamides is 1. The molecule has 0 atom stereocenters. The summed E-state index contributed by atoms with van der Waals surface area (Å²) >= 11 is 0. The Labute approximate surface area is 197 Å². The van der Waals surface area contributed by atoms with Crippen LogP contribution in [0.4, 0.5) is 10.1 Å². The monoisotopic (exact) mass is 484 g/mol. The number of aromatic nitrogens is 1. The van der Waals surface area contributed by atoms with Gasteiger partial charge in [0.15, 0.2) is 6.61 Å². The first kappa shape index (κ1) is 23.7. The Kier molecular flexibility index (Phi) is 6.31. The van der Waals surface area contributed by atoms with E-state index in [1.54, 1.807) is 18.2 Å². The number of rotatable bonds is 8. The van der Waals surface area contributed by atoms with E-state index >= 15 is 0 Å². The molecule has 3 aromatic rings. The smallest absolute Gasteiger partial charge is 0.340 e. The van der Waals surface area contributed by atoms with E-state index in [1.807, 2.05) is 13.8 Å². The summed E-state index contributed by atoms with van der Waals surface area (Å²) in [5, 5.41) is 0. The molecule has 4 rings (SSSR count). The number of Topliss-reactive ketones (excluding diaryl/α,β-unsaturated/α-hetero) is 1. The van der Waals surface area contributed by atoms with E-state index < -0.39 is 28.4 Å². The fourth-order valence-electron chi connectivity index (χ4n) is 3.98. The molecule has 1 saturated carbocycles. The van der Waals surface area contributed by atoms with Gasteiger partial charge in [-0.05, 0) is 75.6 Å². The van der Waals surface area contributed by atoms with Gasteiger partial charge in [0.2, 0.25) is 5.78 Å². The zero-order valence-corrected chi connectivity index (χ0v) is 19.9. The Balaban J connectivity index is 1.49. The second-order valence-electron chi connectivity index (χ2n) is 8.45. The van der Waals surface area contributed by atoms with Gasteiger partial charge in [0, 0.05) is 23.0 Å². The number of halogens is 1. The number of para-hydroxylation sites is 1. The van der Waals surface area contributed by atoms with Crippen molar-refractivity contribution in [2.45, 2.75) is 44.6 Å². The SMILES string of the molecule is Cc1cc(S(=O)(=O)Nc2ccccc2C(=O)OCC(=O)c2cc(C)n(C3CC3)c2C)ccc1F. The Bertz CT molecular complexity index is 1390. The lowest BCUT2D eigenvalue weighted by atomic mass is 10.1. The van der Waals surface area contributed by atoms with Crippen LogP contribution in [0.3, 0.4) is 0 Å². The zero-order valence-electron chi connectivity index (χ0n) is 19.1. The van der Waals surface area contributed by atoms with E-state index in [-0.39, 0.29) is 27.5 Å². The van der Waals surface area contributed by atoms with Crippen molar-refractivity contribution in [2.24, 2.45) is 0 Å². The van der Waals surface area contributed by atoms with Crippen LogP contribution < -0.4 is 4.72 Å². The summed E-state index contributed by atoms with van der Waals surface area (Å²) in [6, 6.07) is 11.6. The number of nitrogens with one attached hydrogen (secondary N) is 1. The molecule has 0 unspecified atom stereocenters. The fourth-order valence-corrected chi connectivity index (χ4v) is 5.14. The fraction of sp³-hybridized carbons (Fsp3) is 0.280. The van der Waals surface area contributed by atoms with Crippen LogP contribution in [0.2, 0.25) is 0 Å². The summed E-state index contributed by atoms with van der Waals surface area (Å²) in [7, 11) is -4.09. The molecule has 7 nitrogen and oxygen atoms in total. The lowest BCUT2D eigenvalue weighted by Crippen LogP contribution is -2.19. The highest BCUT2D eigenvalue weighted by atomic mass is 32.2. The van der Waals surface area contributed by atoms with Gasteiger partial charge in [-0.2, -0.15) is 0 Å². The van der Waals surface area contributed by atoms with Crippen molar-refractivity contribution in [1.29, 1.82) is 0 Å². The lowest BCUT2D eigenvalue weighted by Gasteiger charge is -2.13. The van der Waals surface area contributed by atoms with Gasteiger partial charge in [0.25, 0.3) is 10.0 Å². The van der Waals surface area contributed by atoms with Gasteiger partial charge in [0.1, 0.15) is 5.82 Å². The van der Waals surface area contributed by atoms with Gasteiger partial charge in [-0.3, -0.25) is 9.52 Å². The van der Waals surface area contributed by atoms with E-state index in [9.17, 15) is 22.4 Å². The summed E-state index contributed by atoms with van der Waals surface area (Å²) in [4.78, 5) is 25.3. The first-order valence-electron chi connectivity index (χ1n) is 10.8. The Hall–Kier alpha value is -3.46. The first-order chi connectivity index (χ1) is 16.1. The minimum atomic E-state index is -4.09. The first-order valence-corrected chi connectivity index (χ1v) is 12.3. The van der Waals surface area contributed by atoms with Crippen LogP contribution in [-0.4, -0.2) is 31.3 Å². The number of esters is 1. The van der Waals surface area contributed by atoms with Crippen LogP contribution in [-0.2, 0) is 14.8 Å². The van der Waals surface area contributed by atoms with Crippen molar-refractivity contribution in [3.63, 3.8) is 0 Å². The number of anilines is 1. The molecule has 1 fully saturated rings. The normalized spacial score (nSPS) is 13.5. The van der Waals surface area contributed by atoms with E-state index in [1.165, 1.54) is 25.1 Å². The number of ketones is 1. The predicted octanol–water partition coefficient (Wildman–Crippen LogP) is 4.73. The highest BCUT2D eigenvalue weighted by molar-refractivity contribution is 7.92. The van der Waals surface area contributed by atoms with E-state index in [0.717, 1.165) is 36.4 Å². The van der Waals surface area contributed by atoms with Gasteiger partial charge in [-0.15, -0.1) is 0 Å². The molecule has 0 amide bonds. The van der Waals surface area contributed by atoms with Crippen LogP contribution >= 0.6 is 0 Å². The quantitative estimate of drug-likeness (QED) is 0.369. The average molecular weight is 485 g/mol. The Morgan fingerprint density at radius 2 is 1.76 bits per heavy atom. The van der Waals surface area contributed by atoms with Gasteiger partial charge in [0.05, 0.1) is 16.1 Å². The minimum Gasteiger partial charge on any atom is -0.454 e. The summed E-state index contributed by atoms with van der Waals surface area (Å²) < 4.78 is 48.8. The zero-order chi connectivity index (χ0) is 24.6. The number of ether oxygens (including phenoxy) is 1. The van der Waals surface area contributed by atoms with Gasteiger partial charge in [-0.25, -0.2) is 17.6 Å². The molecule has 9 heteroatoms. The maximum atomic E-state index is 13.5. The summed E-state index contributed by atoms with van der Waals surface area (Å²) in [5.41, 5.74) is 2.48. The molecule has 34 heavy (non-hydrogen) atoms. The number of benzene rings is 2. The largest absolute Gasteiger partial charge is 0.454 e. The topological polar surface area (TPSA) is 94.5 Å². The second kappa shape index (κ2) is 9.06. The molecule has 0 bridgehead atoms. The van der Waals surface area contributed by atoms with Crippen LogP contribution in [0, 0.1) is 26.6 Å². The average Bonchev–Trinajstić information content (AvgIpc) is 3.57. The molecule has 1 N–H and O–H groups in total. The maximum absolute atomic E-state index is 13.5. The molecule has 0 spiro atoms. The summed E-state index contributed by atoms with van der Waals surface area (Å²) in [6.07, 6.45) is 2.17. The van der Waals surface area contributed by atoms with E-state index in [0.29, 0.717) is 11.6 Å². The number of carbonyl (C=O) groups is 2. The van der Waals surface area contributed by atoms with Gasteiger partial charge in [-0.1, -0.05) is 12.1 Å². The third-order valence-electron chi connectivity index (χ3n) is 5.86. The molecule has 1 aliphatic rings. The van der Waals surface area contributed by atoms with Crippen LogP contribution in [0.25, 0.3) is 0 Å². The lowest BCUT2D eigenvalue weighted by molar-refractivity contribution is 0.0475. The third kappa shape index (κ3) is 4.75. The van der Waals surface area contributed by atoms with Crippen molar-refractivity contribution in [3.05, 3.63) is 82.4 Å². The maximum Gasteiger partial charge on any atom is 0.340 e. The van der Waals surface area contributed by atoms with E-state index in [4.69, 9.17) is 4.74 Å². The second-order valence-corrected chi connectivity index (χ2v) is 10.1. The van der Waals surface area contributed by atoms with Crippen molar-refractivity contribution >= 4 is 27.5 Å². The van der Waals surface area contributed by atoms with Crippen molar-refractivity contribution in [1.82, 2.24) is 4.57 Å². The Morgan fingerprint density at radius 1 is 1.06 bits per heavy atom. The molecular weight excluding hydrogens is 459 g/mol. The number of hydrogen-bond acceptors (Lipinski definition) is 5. The molecule has 1 heterocycles. The van der Waals surface area contributed by atoms with E-state index in [2.05, 4.69) is 9.29 Å². The van der Waals surface area contributed by atoms with Gasteiger partial charge >= 0.3 is 5.97 Å². The highest BCUT2D eigenvalue weighted by Gasteiger charge is 2.29. The molecule has 178 valence electrons. The van der Waals surface area contributed by atoms with Crippen molar-refractivity contribution < 1.29 is 27.1 Å². The van der Waals surface area contributed by atoms with Crippen LogP contribution in [0.5, 0.6) is 0 Å². The summed E-state index contributed by atoms with van der Waals surface area (Å²) in [6.45, 7) is 4.81. The van der Waals surface area contributed by atoms with Crippen LogP contribution in [0.1, 0.15) is 56.6 Å². The number of hydrogen-bond donors (Lipinski definition) is 1. The Morgan fingerprint density at radius 3 is 2.44 bits per heavy atom. The molecule has 0 saturated heterocycles. The van der Waals surface area contributed by atoms with Crippen molar-refractivity contribution in [2.75, 3.05) is 11.3 Å². The summed E-state index contributed by atoms with van der Waals surface area (Å²) in [5.74, 6) is -1.68. The third-order valence-corrected chi connectivity index (χ3v) is 7.23. The van der Waals surface area contributed by atoms with Crippen molar-refractivity contribution in [3.8, 4) is 0 Å². The molecule has 1 aromatic heterocycles. The van der Waals surface area contributed by atoms with Crippen LogP contribution in [0.15, 0.2) is 53.4 Å². The molecule has 0 radical (unpaired) electrons. The number of nitrogens with zero attached hydrogens (tertiary/aromatic N) is 1. The number of aryl methyl sites for hydroxylation is 2. The molecule has 1 aliphatic carbocycles.